The molecule has 4 rings (SSSR count). The second-order valence-electron chi connectivity index (χ2n) is 10.3. The molecule has 0 radical (unpaired) electrons. The molecule has 2 aromatic carbocycles. The van der Waals surface area contributed by atoms with Crippen molar-refractivity contribution in [2.75, 3.05) is 46.7 Å². The van der Waals surface area contributed by atoms with E-state index in [1.54, 1.807) is 14.2 Å². The summed E-state index contributed by atoms with van der Waals surface area (Å²) in [6.45, 7) is 6.69. The minimum absolute atomic E-state index is 0.380. The third-order valence-electron chi connectivity index (χ3n) is 7.18. The van der Waals surface area contributed by atoms with Crippen LogP contribution in [0.25, 0.3) is 22.2 Å². The van der Waals surface area contributed by atoms with Crippen LogP contribution >= 0.6 is 0 Å². The highest BCUT2D eigenvalue weighted by Gasteiger charge is 2.22. The fourth-order valence-corrected chi connectivity index (χ4v) is 5.29. The van der Waals surface area contributed by atoms with Crippen molar-refractivity contribution in [1.82, 2.24) is 15.2 Å². The predicted molar refractivity (Wildman–Crippen MR) is 147 cm³/mol. The Hall–Kier alpha value is -2.70. The van der Waals surface area contributed by atoms with Crippen LogP contribution in [0.1, 0.15) is 51.0 Å². The standard InChI is InChI=1S/C29H42N4O2/c1-19(2)28-24-18-23(31-22-10-8-21(9-11-22)30-15-16-33(3)4)12-13-25(24)32-29(28)20-7-14-26(34-5)27(17-20)35-6/h7,12-14,17-19,21-22,30-32H,8-11,15-16H2,1-6H3. The van der Waals surface area contributed by atoms with Crippen LogP contribution in [0, 0.1) is 0 Å². The molecule has 190 valence electrons. The smallest absolute Gasteiger partial charge is 0.161 e. The zero-order valence-corrected chi connectivity index (χ0v) is 22.2. The molecule has 1 fully saturated rings. The molecule has 3 aromatic rings. The van der Waals surface area contributed by atoms with Crippen LogP contribution < -0.4 is 20.1 Å². The van der Waals surface area contributed by atoms with Crippen LogP contribution in [0.4, 0.5) is 5.69 Å². The number of ether oxygens (including phenoxy) is 2. The number of hydrogen-bond donors (Lipinski definition) is 3. The number of benzene rings is 2. The topological polar surface area (TPSA) is 61.5 Å². The van der Waals surface area contributed by atoms with Crippen LogP contribution in [-0.2, 0) is 0 Å². The van der Waals surface area contributed by atoms with Crippen molar-refractivity contribution in [2.24, 2.45) is 0 Å². The van der Waals surface area contributed by atoms with Crippen LogP contribution in [-0.4, -0.2) is 63.4 Å². The van der Waals surface area contributed by atoms with E-state index in [-0.39, 0.29) is 0 Å². The number of likely N-dealkylation sites (N-methyl/N-ethyl adjacent to an activating group) is 1. The van der Waals surface area contributed by atoms with Gasteiger partial charge in [-0.15, -0.1) is 0 Å². The maximum atomic E-state index is 5.56. The molecular formula is C29H42N4O2. The van der Waals surface area contributed by atoms with Gasteiger partial charge in [0.15, 0.2) is 11.5 Å². The summed E-state index contributed by atoms with van der Waals surface area (Å²) >= 11 is 0. The lowest BCUT2D eigenvalue weighted by Crippen LogP contribution is -2.39. The number of aromatic amines is 1. The van der Waals surface area contributed by atoms with Gasteiger partial charge in [0.1, 0.15) is 0 Å². The molecule has 1 heterocycles. The zero-order chi connectivity index (χ0) is 24.9. The first kappa shape index (κ1) is 25.4. The summed E-state index contributed by atoms with van der Waals surface area (Å²) in [6.07, 6.45) is 4.88. The van der Waals surface area contributed by atoms with E-state index in [1.165, 1.54) is 42.3 Å². The largest absolute Gasteiger partial charge is 0.493 e. The van der Waals surface area contributed by atoms with E-state index >= 15 is 0 Å². The van der Waals surface area contributed by atoms with Crippen LogP contribution in [0.5, 0.6) is 11.5 Å². The van der Waals surface area contributed by atoms with Crippen LogP contribution in [0.3, 0.4) is 0 Å². The first-order valence-electron chi connectivity index (χ1n) is 12.9. The molecule has 3 N–H and O–H groups in total. The van der Waals surface area contributed by atoms with Gasteiger partial charge in [-0.25, -0.2) is 0 Å². The first-order valence-corrected chi connectivity index (χ1v) is 12.9. The van der Waals surface area contributed by atoms with Crippen molar-refractivity contribution in [3.63, 3.8) is 0 Å². The predicted octanol–water partition coefficient (Wildman–Crippen LogP) is 5.85. The maximum absolute atomic E-state index is 5.56. The molecule has 1 aliphatic rings. The average molecular weight is 479 g/mol. The normalized spacial score (nSPS) is 18.4. The van der Waals surface area contributed by atoms with E-state index in [2.05, 4.69) is 78.8 Å². The third kappa shape index (κ3) is 5.93. The van der Waals surface area contributed by atoms with Gasteiger partial charge in [-0.05, 0) is 87.7 Å². The Labute approximate surface area is 210 Å². The minimum atomic E-state index is 0.380. The van der Waals surface area contributed by atoms with Gasteiger partial charge >= 0.3 is 0 Å². The van der Waals surface area contributed by atoms with E-state index in [0.29, 0.717) is 18.0 Å². The highest BCUT2D eigenvalue weighted by atomic mass is 16.5. The lowest BCUT2D eigenvalue weighted by atomic mass is 9.91. The van der Waals surface area contributed by atoms with Crippen molar-refractivity contribution in [2.45, 2.75) is 57.5 Å². The Balaban J connectivity index is 1.51. The van der Waals surface area contributed by atoms with Gasteiger partial charge in [0.2, 0.25) is 0 Å². The summed E-state index contributed by atoms with van der Waals surface area (Å²) in [5.74, 6) is 1.87. The number of aromatic nitrogens is 1. The van der Waals surface area contributed by atoms with Crippen molar-refractivity contribution in [3.8, 4) is 22.8 Å². The lowest BCUT2D eigenvalue weighted by molar-refractivity contribution is 0.329. The van der Waals surface area contributed by atoms with E-state index in [0.717, 1.165) is 41.4 Å². The number of H-pyrrole nitrogens is 1. The van der Waals surface area contributed by atoms with Crippen molar-refractivity contribution in [3.05, 3.63) is 42.0 Å². The summed E-state index contributed by atoms with van der Waals surface area (Å²) in [7, 11) is 7.61. The van der Waals surface area contributed by atoms with Gasteiger partial charge < -0.3 is 30.0 Å². The maximum Gasteiger partial charge on any atom is 0.161 e. The molecule has 35 heavy (non-hydrogen) atoms. The molecule has 0 spiro atoms. The summed E-state index contributed by atoms with van der Waals surface area (Å²) < 4.78 is 11.0. The Morgan fingerprint density at radius 3 is 2.31 bits per heavy atom. The molecule has 1 aliphatic carbocycles. The molecule has 0 aliphatic heterocycles. The lowest BCUT2D eigenvalue weighted by Gasteiger charge is -2.30. The monoisotopic (exact) mass is 478 g/mol. The second-order valence-corrected chi connectivity index (χ2v) is 10.3. The SMILES string of the molecule is COc1ccc(-c2[nH]c3ccc(NC4CCC(NCCN(C)C)CC4)cc3c2C(C)C)cc1OC. The van der Waals surface area contributed by atoms with Crippen molar-refractivity contribution in [1.29, 1.82) is 0 Å². The van der Waals surface area contributed by atoms with Crippen LogP contribution in [0.2, 0.25) is 0 Å². The number of fused-ring (bicyclic) bond motifs is 1. The minimum Gasteiger partial charge on any atom is -0.493 e. The molecule has 0 bridgehead atoms. The van der Waals surface area contributed by atoms with E-state index in [1.807, 2.05) is 6.07 Å². The second kappa shape index (κ2) is 11.4. The summed E-state index contributed by atoms with van der Waals surface area (Å²) in [4.78, 5) is 5.91. The third-order valence-corrected chi connectivity index (χ3v) is 7.18. The molecule has 1 saturated carbocycles. The average Bonchev–Trinajstić information content (AvgIpc) is 3.23. The number of methoxy groups -OCH3 is 2. The van der Waals surface area contributed by atoms with Crippen LogP contribution in [0.15, 0.2) is 36.4 Å². The Morgan fingerprint density at radius 1 is 0.943 bits per heavy atom. The Morgan fingerprint density at radius 2 is 1.66 bits per heavy atom. The number of rotatable bonds is 10. The highest BCUT2D eigenvalue weighted by molar-refractivity contribution is 5.93. The Kier molecular flexibility index (Phi) is 8.24. The first-order chi connectivity index (χ1) is 16.9. The summed E-state index contributed by atoms with van der Waals surface area (Å²) in [6, 6.07) is 14.1. The molecular weight excluding hydrogens is 436 g/mol. The Bertz CT molecular complexity index is 1110. The van der Waals surface area contributed by atoms with Crippen molar-refractivity contribution >= 4 is 16.6 Å². The number of nitrogens with one attached hydrogen (secondary N) is 3. The zero-order valence-electron chi connectivity index (χ0n) is 22.2. The summed E-state index contributed by atoms with van der Waals surface area (Å²) in [5, 5.41) is 8.84. The van der Waals surface area contributed by atoms with Gasteiger partial charge in [0.05, 0.1) is 19.9 Å². The molecule has 6 nitrogen and oxygen atoms in total. The van der Waals surface area contributed by atoms with Gasteiger partial charge in [0.25, 0.3) is 0 Å². The van der Waals surface area contributed by atoms with Gasteiger partial charge in [-0.1, -0.05) is 13.8 Å². The fourth-order valence-electron chi connectivity index (χ4n) is 5.29. The molecule has 0 atom stereocenters. The van der Waals surface area contributed by atoms with E-state index < -0.39 is 0 Å². The van der Waals surface area contributed by atoms with Crippen molar-refractivity contribution < 1.29 is 9.47 Å². The number of anilines is 1. The molecule has 1 aromatic heterocycles. The molecule has 6 heteroatoms. The quantitative estimate of drug-likeness (QED) is 0.341. The summed E-state index contributed by atoms with van der Waals surface area (Å²) in [5.41, 5.74) is 5.97. The number of hydrogen-bond acceptors (Lipinski definition) is 5. The van der Waals surface area contributed by atoms with Gasteiger partial charge in [-0.2, -0.15) is 0 Å². The molecule has 0 unspecified atom stereocenters. The molecule has 0 saturated heterocycles. The van der Waals surface area contributed by atoms with E-state index in [9.17, 15) is 0 Å². The molecule has 0 amide bonds. The fraction of sp³-hybridized carbons (Fsp3) is 0.517. The van der Waals surface area contributed by atoms with E-state index in [4.69, 9.17) is 9.47 Å². The van der Waals surface area contributed by atoms with Gasteiger partial charge in [-0.3, -0.25) is 0 Å². The van der Waals surface area contributed by atoms with Gasteiger partial charge in [0, 0.05) is 47.3 Å². The highest BCUT2D eigenvalue weighted by Crippen LogP contribution is 2.39. The number of nitrogens with zero attached hydrogens (tertiary/aromatic N) is 1.